The molecule has 7 nitrogen and oxygen atoms in total. The highest BCUT2D eigenvalue weighted by molar-refractivity contribution is 5.79. The molecule has 1 aliphatic rings. The molecule has 26 heavy (non-hydrogen) atoms. The molecule has 1 fully saturated rings. The molecule has 1 aromatic carbocycles. The quantitative estimate of drug-likeness (QED) is 0.728. The molecule has 0 spiro atoms. The number of nitrogens with zero attached hydrogens (tertiary/aromatic N) is 2. The number of rotatable bonds is 7. The summed E-state index contributed by atoms with van der Waals surface area (Å²) in [6.45, 7) is 4.25. The second kappa shape index (κ2) is 8.31. The minimum atomic E-state index is -0.348. The number of nitrogens with two attached hydrogens (primary N) is 1. The molecule has 1 atom stereocenters. The lowest BCUT2D eigenvalue weighted by Crippen LogP contribution is -2.45. The molecular weight excluding hydrogens is 332 g/mol. The van der Waals surface area contributed by atoms with Crippen LogP contribution in [0.1, 0.15) is 30.7 Å². The molecule has 0 saturated carbocycles. The van der Waals surface area contributed by atoms with Crippen molar-refractivity contribution in [3.05, 3.63) is 29.7 Å². The minimum absolute atomic E-state index is 0.0485. The van der Waals surface area contributed by atoms with Crippen molar-refractivity contribution in [2.24, 2.45) is 11.7 Å². The van der Waals surface area contributed by atoms with Crippen LogP contribution in [0.25, 0.3) is 11.1 Å². The number of nitrogens with one attached hydrogen (secondary N) is 1. The summed E-state index contributed by atoms with van der Waals surface area (Å²) < 4.78 is 5.75. The Morgan fingerprint density at radius 1 is 1.42 bits per heavy atom. The van der Waals surface area contributed by atoms with Gasteiger partial charge in [0.2, 0.25) is 11.8 Å². The Bertz CT molecular complexity index is 786. The number of aryl methyl sites for hydroxylation is 2. The Morgan fingerprint density at radius 3 is 3.08 bits per heavy atom. The van der Waals surface area contributed by atoms with Crippen molar-refractivity contribution in [3.8, 4) is 0 Å². The maximum atomic E-state index is 12.3. The van der Waals surface area contributed by atoms with Crippen molar-refractivity contribution in [3.63, 3.8) is 0 Å². The maximum Gasteiger partial charge on any atom is 0.231 e. The highest BCUT2D eigenvalue weighted by Crippen LogP contribution is 2.18. The van der Waals surface area contributed by atoms with Crippen molar-refractivity contribution in [1.82, 2.24) is 15.2 Å². The first-order valence-electron chi connectivity index (χ1n) is 9.15. The summed E-state index contributed by atoms with van der Waals surface area (Å²) >= 11 is 0. The maximum absolute atomic E-state index is 12.3. The molecule has 1 saturated heterocycles. The first kappa shape index (κ1) is 18.4. The summed E-state index contributed by atoms with van der Waals surface area (Å²) in [5, 5.41) is 2.99. The Hall–Kier alpha value is -2.41. The zero-order valence-corrected chi connectivity index (χ0v) is 15.2. The number of aromatic nitrogens is 1. The lowest BCUT2D eigenvalue weighted by atomic mass is 9.97. The molecule has 7 heteroatoms. The van der Waals surface area contributed by atoms with Gasteiger partial charge in [-0.05, 0) is 50.4 Å². The number of amides is 2. The van der Waals surface area contributed by atoms with Crippen LogP contribution in [0.2, 0.25) is 0 Å². The third-order valence-corrected chi connectivity index (χ3v) is 4.71. The Balaban J connectivity index is 1.42. The normalized spacial score (nSPS) is 18.1. The fourth-order valence-corrected chi connectivity index (χ4v) is 3.42. The van der Waals surface area contributed by atoms with Crippen molar-refractivity contribution in [2.75, 3.05) is 26.2 Å². The van der Waals surface area contributed by atoms with E-state index in [1.165, 1.54) is 0 Å². The fraction of sp³-hybridized carbons (Fsp3) is 0.526. The van der Waals surface area contributed by atoms with Gasteiger partial charge < -0.3 is 15.5 Å². The second-order valence-corrected chi connectivity index (χ2v) is 7.01. The lowest BCUT2D eigenvalue weighted by Gasteiger charge is -2.30. The molecule has 0 aliphatic carbocycles. The number of fused-ring (bicyclic) bond motifs is 1. The molecule has 0 unspecified atom stereocenters. The molecule has 3 N–H and O–H groups in total. The topological polar surface area (TPSA) is 101 Å². The van der Waals surface area contributed by atoms with E-state index < -0.39 is 0 Å². The first-order valence-corrected chi connectivity index (χ1v) is 9.15. The van der Waals surface area contributed by atoms with Gasteiger partial charge in [0.05, 0.1) is 12.5 Å². The largest absolute Gasteiger partial charge is 0.441 e. The summed E-state index contributed by atoms with van der Waals surface area (Å²) in [6, 6.07) is 5.95. The molecule has 1 aliphatic heterocycles. The third-order valence-electron chi connectivity index (χ3n) is 4.71. The molecule has 3 rings (SSSR count). The van der Waals surface area contributed by atoms with E-state index in [0.717, 1.165) is 42.5 Å². The number of piperidine rings is 1. The van der Waals surface area contributed by atoms with Crippen LogP contribution < -0.4 is 11.1 Å². The van der Waals surface area contributed by atoms with Crippen molar-refractivity contribution >= 4 is 22.9 Å². The van der Waals surface area contributed by atoms with E-state index in [9.17, 15) is 9.59 Å². The van der Waals surface area contributed by atoms with Crippen LogP contribution >= 0.6 is 0 Å². The fourth-order valence-electron chi connectivity index (χ4n) is 3.42. The predicted molar refractivity (Wildman–Crippen MR) is 98.4 cm³/mol. The van der Waals surface area contributed by atoms with E-state index in [0.29, 0.717) is 25.4 Å². The number of likely N-dealkylation sites (tertiary alicyclic amines) is 1. The molecule has 2 aromatic rings. The number of carbonyl (C=O) groups is 2. The smallest absolute Gasteiger partial charge is 0.231 e. The highest BCUT2D eigenvalue weighted by atomic mass is 16.3. The zero-order chi connectivity index (χ0) is 18.5. The average Bonchev–Trinajstić information content (AvgIpc) is 3.00. The minimum Gasteiger partial charge on any atom is -0.441 e. The Labute approximate surface area is 152 Å². The van der Waals surface area contributed by atoms with Crippen molar-refractivity contribution in [2.45, 2.75) is 32.6 Å². The summed E-state index contributed by atoms with van der Waals surface area (Å²) in [5.74, 6) is 0.326. The Kier molecular flexibility index (Phi) is 5.88. The number of primary amides is 1. The summed E-state index contributed by atoms with van der Waals surface area (Å²) in [7, 11) is 0. The zero-order valence-electron chi connectivity index (χ0n) is 15.2. The summed E-state index contributed by atoms with van der Waals surface area (Å²) in [6.07, 6.45) is 3.22. The number of oxazole rings is 1. The predicted octanol–water partition coefficient (Wildman–Crippen LogP) is 1.38. The molecule has 0 bridgehead atoms. The van der Waals surface area contributed by atoms with Gasteiger partial charge in [-0.2, -0.15) is 0 Å². The van der Waals surface area contributed by atoms with E-state index >= 15 is 0 Å². The first-order chi connectivity index (χ1) is 12.5. The molecule has 2 amide bonds. The van der Waals surface area contributed by atoms with Crippen LogP contribution in [0.3, 0.4) is 0 Å². The van der Waals surface area contributed by atoms with Crippen molar-refractivity contribution < 1.29 is 14.0 Å². The number of hydrogen-bond donors (Lipinski definition) is 2. The molecule has 0 radical (unpaired) electrons. The van der Waals surface area contributed by atoms with E-state index in [1.807, 2.05) is 30.0 Å². The second-order valence-electron chi connectivity index (χ2n) is 7.01. The van der Waals surface area contributed by atoms with Gasteiger partial charge in [-0.1, -0.05) is 6.07 Å². The molecule has 140 valence electrons. The monoisotopic (exact) mass is 358 g/mol. The molecular formula is C19H26N4O3. The lowest BCUT2D eigenvalue weighted by molar-refractivity contribution is -0.128. The van der Waals surface area contributed by atoms with E-state index in [2.05, 4.69) is 10.3 Å². The van der Waals surface area contributed by atoms with Gasteiger partial charge in [-0.25, -0.2) is 4.98 Å². The van der Waals surface area contributed by atoms with E-state index in [1.54, 1.807) is 0 Å². The molecule has 1 aromatic heterocycles. The van der Waals surface area contributed by atoms with E-state index in [-0.39, 0.29) is 24.3 Å². The van der Waals surface area contributed by atoms with Gasteiger partial charge in [0.1, 0.15) is 5.52 Å². The van der Waals surface area contributed by atoms with Gasteiger partial charge in [0.25, 0.3) is 0 Å². The van der Waals surface area contributed by atoms with Crippen molar-refractivity contribution in [1.29, 1.82) is 0 Å². The highest BCUT2D eigenvalue weighted by Gasteiger charge is 2.26. The van der Waals surface area contributed by atoms with Crippen LogP contribution in [0.4, 0.5) is 0 Å². The standard InChI is InChI=1S/C19H26N4O3/c1-13-6-7-15-16(10-13)26-18(22-15)5-2-8-21-19(25)14-4-3-9-23(11-14)12-17(20)24/h6-7,10,14H,2-5,8-9,11-12H2,1H3,(H2,20,24)(H,21,25)/t14-/m0/s1. The van der Waals surface area contributed by atoms with Gasteiger partial charge in [0, 0.05) is 19.5 Å². The van der Waals surface area contributed by atoms with Gasteiger partial charge >= 0.3 is 0 Å². The van der Waals surface area contributed by atoms with Crippen LogP contribution in [-0.4, -0.2) is 47.9 Å². The summed E-state index contributed by atoms with van der Waals surface area (Å²) in [5.41, 5.74) is 8.06. The SMILES string of the molecule is Cc1ccc2nc(CCCNC(=O)[C@H]3CCCN(CC(N)=O)C3)oc2c1. The summed E-state index contributed by atoms with van der Waals surface area (Å²) in [4.78, 5) is 29.8. The number of benzene rings is 1. The number of hydrogen-bond acceptors (Lipinski definition) is 5. The Morgan fingerprint density at radius 2 is 2.27 bits per heavy atom. The van der Waals surface area contributed by atoms with Gasteiger partial charge in [-0.15, -0.1) is 0 Å². The van der Waals surface area contributed by atoms with Crippen LogP contribution in [-0.2, 0) is 16.0 Å². The van der Waals surface area contributed by atoms with Crippen LogP contribution in [0.15, 0.2) is 22.6 Å². The van der Waals surface area contributed by atoms with Gasteiger partial charge in [0.15, 0.2) is 11.5 Å². The van der Waals surface area contributed by atoms with Crippen LogP contribution in [0.5, 0.6) is 0 Å². The van der Waals surface area contributed by atoms with Crippen LogP contribution in [0, 0.1) is 12.8 Å². The number of carbonyl (C=O) groups excluding carboxylic acids is 2. The average molecular weight is 358 g/mol. The third kappa shape index (κ3) is 4.82. The molecule has 2 heterocycles. The van der Waals surface area contributed by atoms with Gasteiger partial charge in [-0.3, -0.25) is 14.5 Å². The van der Waals surface area contributed by atoms with E-state index in [4.69, 9.17) is 10.2 Å².